The molecule has 0 heterocycles. The first-order valence-corrected chi connectivity index (χ1v) is 7.98. The number of amides is 1. The Hall–Kier alpha value is -2.33. The molecule has 0 aliphatic heterocycles. The quantitative estimate of drug-likeness (QED) is 0.844. The van der Waals surface area contributed by atoms with Gasteiger partial charge in [0.15, 0.2) is 0 Å². The van der Waals surface area contributed by atoms with Crippen LogP contribution in [0.5, 0.6) is 0 Å². The first-order valence-electron chi connectivity index (χ1n) is 7.60. The van der Waals surface area contributed by atoms with Crippen LogP contribution < -0.4 is 5.32 Å². The Labute approximate surface area is 146 Å². The van der Waals surface area contributed by atoms with Crippen molar-refractivity contribution in [1.29, 1.82) is 0 Å². The number of carbonyl (C=O) groups is 2. The lowest BCUT2D eigenvalue weighted by Crippen LogP contribution is -2.43. The Morgan fingerprint density at radius 2 is 1.67 bits per heavy atom. The molecule has 0 spiro atoms. The number of nitrogens with one attached hydrogen (secondary N) is 1. The van der Waals surface area contributed by atoms with Crippen LogP contribution in [0.1, 0.15) is 27.0 Å². The molecule has 0 aromatic heterocycles. The molecule has 0 unspecified atom stereocenters. The van der Waals surface area contributed by atoms with E-state index in [-0.39, 0.29) is 5.91 Å². The van der Waals surface area contributed by atoms with Crippen molar-refractivity contribution in [2.45, 2.75) is 26.3 Å². The number of esters is 1. The minimum atomic E-state index is -0.760. The normalized spacial score (nSPS) is 11.7. The highest BCUT2D eigenvalue weighted by Gasteiger charge is 2.22. The van der Waals surface area contributed by atoms with Gasteiger partial charge in [-0.3, -0.25) is 4.79 Å². The van der Waals surface area contributed by atoms with Crippen molar-refractivity contribution in [2.75, 3.05) is 7.11 Å². The molecule has 126 valence electrons. The average Bonchev–Trinajstić information content (AvgIpc) is 2.54. The van der Waals surface area contributed by atoms with Crippen molar-refractivity contribution in [3.63, 3.8) is 0 Å². The molecule has 2 aromatic rings. The Morgan fingerprint density at radius 3 is 2.21 bits per heavy atom. The highest BCUT2D eigenvalue weighted by atomic mass is 35.5. The molecule has 1 N–H and O–H groups in total. The van der Waals surface area contributed by atoms with Gasteiger partial charge >= 0.3 is 5.97 Å². The third-order valence-electron chi connectivity index (χ3n) is 3.63. The third kappa shape index (κ3) is 4.83. The first-order chi connectivity index (χ1) is 11.4. The van der Waals surface area contributed by atoms with Gasteiger partial charge in [-0.25, -0.2) is 4.79 Å². The number of rotatable bonds is 5. The van der Waals surface area contributed by atoms with Crippen molar-refractivity contribution >= 4 is 23.5 Å². The Morgan fingerprint density at radius 1 is 1.08 bits per heavy atom. The number of methoxy groups -OCH3 is 1. The minimum Gasteiger partial charge on any atom is -0.467 e. The molecular weight excluding hydrogens is 326 g/mol. The standard InChI is InChI=1S/C19H20ClNO3/c1-12-8-13(2)10-15(9-12)18(22)21-17(19(23)24-3)11-14-4-6-16(20)7-5-14/h4-10,17H,11H2,1-3H3,(H,21,22)/t17-/m1/s1. The van der Waals surface area contributed by atoms with E-state index in [0.717, 1.165) is 16.7 Å². The molecule has 0 saturated carbocycles. The number of carbonyl (C=O) groups excluding carboxylic acids is 2. The molecular formula is C19H20ClNO3. The van der Waals surface area contributed by atoms with Gasteiger partial charge < -0.3 is 10.1 Å². The maximum atomic E-state index is 12.5. The fourth-order valence-corrected chi connectivity index (χ4v) is 2.67. The van der Waals surface area contributed by atoms with Crippen molar-refractivity contribution < 1.29 is 14.3 Å². The zero-order valence-electron chi connectivity index (χ0n) is 13.9. The first kappa shape index (κ1) is 18.0. The van der Waals surface area contributed by atoms with Crippen LogP contribution in [0, 0.1) is 13.8 Å². The van der Waals surface area contributed by atoms with Gasteiger partial charge in [0.1, 0.15) is 6.04 Å². The van der Waals surface area contributed by atoms with E-state index >= 15 is 0 Å². The van der Waals surface area contributed by atoms with Crippen LogP contribution >= 0.6 is 11.6 Å². The van der Waals surface area contributed by atoms with Crippen LogP contribution in [0.2, 0.25) is 5.02 Å². The van der Waals surface area contributed by atoms with Gasteiger partial charge in [-0.05, 0) is 43.7 Å². The molecule has 0 radical (unpaired) electrons. The van der Waals surface area contributed by atoms with E-state index in [1.807, 2.05) is 32.0 Å². The summed E-state index contributed by atoms with van der Waals surface area (Å²) in [5, 5.41) is 3.37. The lowest BCUT2D eigenvalue weighted by atomic mass is 10.0. The summed E-state index contributed by atoms with van der Waals surface area (Å²) in [5.74, 6) is -0.783. The van der Waals surface area contributed by atoms with E-state index in [4.69, 9.17) is 16.3 Å². The fraction of sp³-hybridized carbons (Fsp3) is 0.263. The highest BCUT2D eigenvalue weighted by Crippen LogP contribution is 2.13. The van der Waals surface area contributed by atoms with E-state index in [0.29, 0.717) is 17.0 Å². The third-order valence-corrected chi connectivity index (χ3v) is 3.88. The smallest absolute Gasteiger partial charge is 0.328 e. The summed E-state index contributed by atoms with van der Waals surface area (Å²) in [7, 11) is 1.31. The van der Waals surface area contributed by atoms with Crippen LogP contribution in [0.15, 0.2) is 42.5 Å². The van der Waals surface area contributed by atoms with Gasteiger partial charge in [-0.15, -0.1) is 0 Å². The molecule has 5 heteroatoms. The topological polar surface area (TPSA) is 55.4 Å². The monoisotopic (exact) mass is 345 g/mol. The molecule has 4 nitrogen and oxygen atoms in total. The average molecular weight is 346 g/mol. The van der Waals surface area contributed by atoms with Crippen LogP contribution in [0.25, 0.3) is 0 Å². The Kier molecular flexibility index (Phi) is 5.99. The van der Waals surface area contributed by atoms with Gasteiger partial charge in [-0.2, -0.15) is 0 Å². The van der Waals surface area contributed by atoms with Crippen molar-refractivity contribution in [3.8, 4) is 0 Å². The summed E-state index contributed by atoms with van der Waals surface area (Å²) in [6.07, 6.45) is 0.334. The Balaban J connectivity index is 2.17. The SMILES string of the molecule is COC(=O)[C@@H](Cc1ccc(Cl)cc1)NC(=O)c1cc(C)cc(C)c1. The molecule has 1 amide bonds. The second-order valence-electron chi connectivity index (χ2n) is 5.76. The second kappa shape index (κ2) is 7.97. The van der Waals surface area contributed by atoms with Crippen molar-refractivity contribution in [1.82, 2.24) is 5.32 Å². The molecule has 0 aliphatic carbocycles. The molecule has 2 rings (SSSR count). The lowest BCUT2D eigenvalue weighted by Gasteiger charge is -2.17. The van der Waals surface area contributed by atoms with Crippen LogP contribution in [0.4, 0.5) is 0 Å². The predicted molar refractivity (Wildman–Crippen MR) is 94.3 cm³/mol. The minimum absolute atomic E-state index is 0.300. The van der Waals surface area contributed by atoms with Gasteiger partial charge in [-0.1, -0.05) is 40.9 Å². The summed E-state index contributed by atoms with van der Waals surface area (Å²) in [6, 6.07) is 11.9. The molecule has 24 heavy (non-hydrogen) atoms. The number of benzene rings is 2. The molecule has 2 aromatic carbocycles. The molecule has 0 aliphatic rings. The van der Waals surface area contributed by atoms with Crippen LogP contribution in [0.3, 0.4) is 0 Å². The number of halogens is 1. The van der Waals surface area contributed by atoms with Crippen molar-refractivity contribution in [2.24, 2.45) is 0 Å². The van der Waals surface area contributed by atoms with Gasteiger partial charge in [0.05, 0.1) is 7.11 Å². The number of hydrogen-bond acceptors (Lipinski definition) is 3. The summed E-state index contributed by atoms with van der Waals surface area (Å²) < 4.78 is 4.81. The van der Waals surface area contributed by atoms with Gasteiger partial charge in [0, 0.05) is 17.0 Å². The number of ether oxygens (including phenoxy) is 1. The second-order valence-corrected chi connectivity index (χ2v) is 6.19. The van der Waals surface area contributed by atoms with E-state index in [1.54, 1.807) is 24.3 Å². The maximum absolute atomic E-state index is 12.5. The summed E-state index contributed by atoms with van der Waals surface area (Å²) in [5.41, 5.74) is 3.40. The number of hydrogen-bond donors (Lipinski definition) is 1. The summed E-state index contributed by atoms with van der Waals surface area (Å²) in [4.78, 5) is 24.5. The van der Waals surface area contributed by atoms with E-state index in [1.165, 1.54) is 7.11 Å². The van der Waals surface area contributed by atoms with Crippen LogP contribution in [-0.4, -0.2) is 25.0 Å². The molecule has 0 bridgehead atoms. The molecule has 1 atom stereocenters. The van der Waals surface area contributed by atoms with Crippen molar-refractivity contribution in [3.05, 3.63) is 69.7 Å². The van der Waals surface area contributed by atoms with Crippen LogP contribution in [-0.2, 0) is 16.0 Å². The van der Waals surface area contributed by atoms with Gasteiger partial charge in [0.25, 0.3) is 5.91 Å². The number of aryl methyl sites for hydroxylation is 2. The summed E-state index contributed by atoms with van der Waals surface area (Å²) >= 11 is 5.87. The fourth-order valence-electron chi connectivity index (χ4n) is 2.54. The highest BCUT2D eigenvalue weighted by molar-refractivity contribution is 6.30. The zero-order chi connectivity index (χ0) is 17.7. The molecule has 0 saturated heterocycles. The van der Waals surface area contributed by atoms with Gasteiger partial charge in [0.2, 0.25) is 0 Å². The maximum Gasteiger partial charge on any atom is 0.328 e. The Bertz CT molecular complexity index is 721. The summed E-state index contributed by atoms with van der Waals surface area (Å²) in [6.45, 7) is 3.85. The zero-order valence-corrected chi connectivity index (χ0v) is 14.7. The molecule has 0 fully saturated rings. The lowest BCUT2D eigenvalue weighted by molar-refractivity contribution is -0.142. The predicted octanol–water partition coefficient (Wildman–Crippen LogP) is 3.47. The van der Waals surface area contributed by atoms with E-state index < -0.39 is 12.0 Å². The largest absolute Gasteiger partial charge is 0.467 e. The van der Waals surface area contributed by atoms with E-state index in [2.05, 4.69) is 5.32 Å². The van der Waals surface area contributed by atoms with E-state index in [9.17, 15) is 9.59 Å².